The third-order valence-electron chi connectivity index (χ3n) is 3.17. The Balaban J connectivity index is 2.38. The Labute approximate surface area is 122 Å². The van der Waals surface area contributed by atoms with Crippen LogP contribution in [-0.2, 0) is 14.8 Å². The number of benzene rings is 1. The summed E-state index contributed by atoms with van der Waals surface area (Å²) in [5.74, 6) is 0. The van der Waals surface area contributed by atoms with Crippen LogP contribution < -0.4 is 5.73 Å². The van der Waals surface area contributed by atoms with Crippen LogP contribution in [0.4, 0.5) is 5.69 Å². The van der Waals surface area contributed by atoms with Gasteiger partial charge >= 0.3 is 0 Å². The van der Waals surface area contributed by atoms with Crippen LogP contribution in [0.3, 0.4) is 0 Å². The molecule has 0 radical (unpaired) electrons. The third-order valence-corrected chi connectivity index (χ3v) is 5.40. The third kappa shape index (κ3) is 2.74. The first kappa shape index (κ1) is 15.1. The molecule has 20 heavy (non-hydrogen) atoms. The average molecular weight is 316 g/mol. The highest BCUT2D eigenvalue weighted by Gasteiger charge is 2.31. The molecule has 1 aromatic carbocycles. The Morgan fingerprint density at radius 1 is 1.55 bits per heavy atom. The molecule has 2 rings (SSSR count). The first-order chi connectivity index (χ1) is 9.36. The van der Waals surface area contributed by atoms with E-state index in [4.69, 9.17) is 27.3 Å². The van der Waals surface area contributed by atoms with Crippen LogP contribution in [0.25, 0.3) is 0 Å². The summed E-state index contributed by atoms with van der Waals surface area (Å²) in [6.07, 6.45) is -0.753. The Morgan fingerprint density at radius 2 is 2.25 bits per heavy atom. The molecule has 108 valence electrons. The van der Waals surface area contributed by atoms with E-state index in [1.807, 2.05) is 6.07 Å². The number of anilines is 1. The second-order valence-corrected chi connectivity index (χ2v) is 6.82. The van der Waals surface area contributed by atoms with Crippen molar-refractivity contribution in [1.82, 2.24) is 4.31 Å². The number of nitrogen functional groups attached to an aromatic ring is 1. The van der Waals surface area contributed by atoms with Crippen LogP contribution >= 0.6 is 11.6 Å². The van der Waals surface area contributed by atoms with E-state index >= 15 is 0 Å². The summed E-state index contributed by atoms with van der Waals surface area (Å²) in [5.41, 5.74) is 6.72. The van der Waals surface area contributed by atoms with Crippen molar-refractivity contribution >= 4 is 27.3 Å². The fraction of sp³-hybridized carbons (Fsp3) is 0.417. The number of nitrogens with two attached hydrogens (primary N) is 1. The fourth-order valence-electron chi connectivity index (χ4n) is 1.89. The quantitative estimate of drug-likeness (QED) is 0.826. The molecule has 1 aromatic rings. The summed E-state index contributed by atoms with van der Waals surface area (Å²) in [7, 11) is -3.73. The topological polar surface area (TPSA) is 96.4 Å². The summed E-state index contributed by atoms with van der Waals surface area (Å²) in [4.78, 5) is 0.0317. The standard InChI is InChI=1S/C12H14ClN3O3S/c1-8-11(13)4-10(5-12(8)15)20(17,18)16-2-3-19-9(6-14)7-16/h4-5,9H,2-3,7,15H2,1H3. The lowest BCUT2D eigenvalue weighted by Gasteiger charge is -2.29. The fourth-order valence-corrected chi connectivity index (χ4v) is 3.67. The number of hydrogen-bond acceptors (Lipinski definition) is 5. The number of nitriles is 1. The van der Waals surface area contributed by atoms with Gasteiger partial charge < -0.3 is 10.5 Å². The van der Waals surface area contributed by atoms with Crippen LogP contribution in [-0.4, -0.2) is 38.5 Å². The average Bonchev–Trinajstić information content (AvgIpc) is 2.44. The van der Waals surface area contributed by atoms with Gasteiger partial charge in [0.25, 0.3) is 0 Å². The molecule has 1 aliphatic rings. The van der Waals surface area contributed by atoms with Crippen molar-refractivity contribution < 1.29 is 13.2 Å². The minimum atomic E-state index is -3.73. The van der Waals surface area contributed by atoms with Crippen molar-refractivity contribution in [3.63, 3.8) is 0 Å². The lowest BCUT2D eigenvalue weighted by molar-refractivity contribution is 0.0311. The lowest BCUT2D eigenvalue weighted by Crippen LogP contribution is -2.45. The maximum Gasteiger partial charge on any atom is 0.243 e. The van der Waals surface area contributed by atoms with E-state index in [1.54, 1.807) is 6.92 Å². The number of nitrogens with zero attached hydrogens (tertiary/aromatic N) is 2. The summed E-state index contributed by atoms with van der Waals surface area (Å²) < 4.78 is 31.4. The first-order valence-electron chi connectivity index (χ1n) is 5.93. The molecule has 1 heterocycles. The number of ether oxygens (including phenoxy) is 1. The summed E-state index contributed by atoms with van der Waals surface area (Å²) in [5, 5.41) is 9.13. The molecule has 1 saturated heterocycles. The SMILES string of the molecule is Cc1c(N)cc(S(=O)(=O)N2CCOC(C#N)C2)cc1Cl. The van der Waals surface area contributed by atoms with E-state index in [2.05, 4.69) is 0 Å². The molecule has 2 N–H and O–H groups in total. The highest BCUT2D eigenvalue weighted by Crippen LogP contribution is 2.28. The van der Waals surface area contributed by atoms with Crippen molar-refractivity contribution in [3.8, 4) is 6.07 Å². The molecule has 0 aromatic heterocycles. The smallest absolute Gasteiger partial charge is 0.243 e. The summed E-state index contributed by atoms with van der Waals surface area (Å²) in [6.45, 7) is 2.11. The minimum absolute atomic E-state index is 0.00420. The summed E-state index contributed by atoms with van der Waals surface area (Å²) in [6, 6.07) is 4.67. The molecule has 0 bridgehead atoms. The van der Waals surface area contributed by atoms with Crippen molar-refractivity contribution in [2.75, 3.05) is 25.4 Å². The zero-order valence-corrected chi connectivity index (χ0v) is 12.4. The van der Waals surface area contributed by atoms with Crippen molar-refractivity contribution in [1.29, 1.82) is 5.26 Å². The molecule has 1 atom stereocenters. The van der Waals surface area contributed by atoms with E-state index in [9.17, 15) is 8.42 Å². The normalized spacial score (nSPS) is 20.6. The van der Waals surface area contributed by atoms with E-state index in [0.717, 1.165) is 0 Å². The molecule has 0 spiro atoms. The molecule has 0 amide bonds. The van der Waals surface area contributed by atoms with E-state index in [-0.39, 0.29) is 24.6 Å². The summed E-state index contributed by atoms with van der Waals surface area (Å²) >= 11 is 5.98. The van der Waals surface area contributed by atoms with Crippen molar-refractivity contribution in [2.24, 2.45) is 0 Å². The van der Waals surface area contributed by atoms with Crippen LogP contribution in [0.2, 0.25) is 5.02 Å². The molecule has 1 fully saturated rings. The molecule has 8 heteroatoms. The number of rotatable bonds is 2. The zero-order valence-electron chi connectivity index (χ0n) is 10.8. The van der Waals surface area contributed by atoms with Gasteiger partial charge in [0, 0.05) is 17.3 Å². The number of sulfonamides is 1. The van der Waals surface area contributed by atoms with Gasteiger partial charge in [0.1, 0.15) is 0 Å². The predicted octanol–water partition coefficient (Wildman–Crippen LogP) is 1.14. The van der Waals surface area contributed by atoms with Crippen molar-refractivity contribution in [2.45, 2.75) is 17.9 Å². The number of morpholine rings is 1. The second kappa shape index (κ2) is 5.58. The lowest BCUT2D eigenvalue weighted by atomic mass is 10.2. The highest BCUT2D eigenvalue weighted by molar-refractivity contribution is 7.89. The molecule has 0 aliphatic carbocycles. The molecule has 0 saturated carbocycles. The number of halogens is 1. The number of hydrogen-bond donors (Lipinski definition) is 1. The maximum absolute atomic E-state index is 12.5. The van der Waals surface area contributed by atoms with Gasteiger partial charge in [0.05, 0.1) is 24.1 Å². The zero-order chi connectivity index (χ0) is 14.9. The molecular weight excluding hydrogens is 302 g/mol. The maximum atomic E-state index is 12.5. The van der Waals surface area contributed by atoms with Gasteiger partial charge in [-0.2, -0.15) is 9.57 Å². The Hall–Kier alpha value is -1.33. The van der Waals surface area contributed by atoms with E-state index in [0.29, 0.717) is 16.3 Å². The monoisotopic (exact) mass is 315 g/mol. The molecule has 1 aliphatic heterocycles. The Bertz CT molecular complexity index is 646. The molecule has 6 nitrogen and oxygen atoms in total. The van der Waals surface area contributed by atoms with Gasteiger partial charge in [-0.1, -0.05) is 11.6 Å². The first-order valence-corrected chi connectivity index (χ1v) is 7.75. The highest BCUT2D eigenvalue weighted by atomic mass is 35.5. The largest absolute Gasteiger partial charge is 0.398 e. The Kier molecular flexibility index (Phi) is 4.20. The van der Waals surface area contributed by atoms with Gasteiger partial charge in [0.15, 0.2) is 6.10 Å². The second-order valence-electron chi connectivity index (χ2n) is 4.47. The van der Waals surface area contributed by atoms with Crippen LogP contribution in [0.1, 0.15) is 5.56 Å². The molecular formula is C12H14ClN3O3S. The Morgan fingerprint density at radius 3 is 2.85 bits per heavy atom. The van der Waals surface area contributed by atoms with Crippen LogP contribution in [0.15, 0.2) is 17.0 Å². The van der Waals surface area contributed by atoms with Gasteiger partial charge in [-0.05, 0) is 24.6 Å². The minimum Gasteiger partial charge on any atom is -0.398 e. The van der Waals surface area contributed by atoms with Crippen LogP contribution in [0, 0.1) is 18.3 Å². The van der Waals surface area contributed by atoms with Gasteiger partial charge in [-0.25, -0.2) is 8.42 Å². The van der Waals surface area contributed by atoms with Gasteiger partial charge in [-0.15, -0.1) is 0 Å². The van der Waals surface area contributed by atoms with Gasteiger partial charge in [-0.3, -0.25) is 0 Å². The van der Waals surface area contributed by atoms with Crippen molar-refractivity contribution in [3.05, 3.63) is 22.7 Å². The van der Waals surface area contributed by atoms with E-state index in [1.165, 1.54) is 16.4 Å². The van der Waals surface area contributed by atoms with Gasteiger partial charge in [0.2, 0.25) is 10.0 Å². The van der Waals surface area contributed by atoms with Crippen LogP contribution in [0.5, 0.6) is 0 Å². The van der Waals surface area contributed by atoms with E-state index < -0.39 is 16.1 Å². The predicted molar refractivity (Wildman–Crippen MR) is 74.7 cm³/mol. The molecule has 1 unspecified atom stereocenters.